The molecule has 4 heterocycles. The van der Waals surface area contributed by atoms with Crippen molar-refractivity contribution in [1.29, 1.82) is 0 Å². The molecule has 0 spiro atoms. The van der Waals surface area contributed by atoms with Crippen LogP contribution in [0.3, 0.4) is 0 Å². The van der Waals surface area contributed by atoms with Crippen molar-refractivity contribution in [3.8, 4) is 11.3 Å². The largest absolute Gasteiger partial charge is 0.340 e. The van der Waals surface area contributed by atoms with E-state index in [1.807, 2.05) is 59.3 Å². The van der Waals surface area contributed by atoms with Gasteiger partial charge in [0, 0.05) is 23.5 Å². The van der Waals surface area contributed by atoms with Crippen LogP contribution in [-0.4, -0.2) is 38.7 Å². The number of halogens is 1. The normalized spacial score (nSPS) is 19.6. The lowest BCUT2D eigenvalue weighted by atomic mass is 10.1. The first kappa shape index (κ1) is 21.7. The molecule has 2 atom stereocenters. The standard InChI is InChI=1S/C28H24FN7O/c29-19-13-14-30-22(15-19)18-11-9-17(10-12-18)16-35-25(31-20-5-2-1-3-6-20)24-26(34-35)36-23-8-4-7-21(23)32-28(36)33-27(24)37/h1-3,5-6,9-15,21,23,31H,4,7-8,16H2,(H,32,33,37)/t21-,23+/m1/s1. The van der Waals surface area contributed by atoms with Gasteiger partial charge in [-0.2, -0.15) is 5.10 Å². The van der Waals surface area contributed by atoms with Gasteiger partial charge in [-0.05, 0) is 43.0 Å². The molecule has 7 rings (SSSR count). The van der Waals surface area contributed by atoms with Gasteiger partial charge in [0.25, 0.3) is 5.91 Å². The molecule has 1 amide bonds. The number of carbonyl (C=O) groups excluding carboxylic acids is 1. The number of aromatic nitrogens is 3. The SMILES string of the molecule is O=C1NC2=N[C@@H]3CCC[C@@H]3N2c2nn(Cc3ccc(-c4cc(F)ccn4)cc3)c(Nc3ccccc3)c21. The fourth-order valence-corrected chi connectivity index (χ4v) is 5.51. The highest BCUT2D eigenvalue weighted by Gasteiger charge is 2.47. The number of aliphatic imine (C=N–C) groups is 1. The number of hydrogen-bond acceptors (Lipinski definition) is 6. The Bertz CT molecular complexity index is 1530. The summed E-state index contributed by atoms with van der Waals surface area (Å²) in [6.07, 6.45) is 4.63. The minimum absolute atomic E-state index is 0.195. The Morgan fingerprint density at radius 1 is 1.05 bits per heavy atom. The summed E-state index contributed by atoms with van der Waals surface area (Å²) < 4.78 is 15.5. The van der Waals surface area contributed by atoms with Crippen LogP contribution in [0.4, 0.5) is 21.7 Å². The van der Waals surface area contributed by atoms with Gasteiger partial charge < -0.3 is 5.32 Å². The van der Waals surface area contributed by atoms with Crippen LogP contribution in [0.2, 0.25) is 0 Å². The van der Waals surface area contributed by atoms with Crippen molar-refractivity contribution in [2.75, 3.05) is 10.2 Å². The Hall–Kier alpha value is -4.53. The molecule has 184 valence electrons. The lowest BCUT2D eigenvalue weighted by Crippen LogP contribution is -2.50. The van der Waals surface area contributed by atoms with Gasteiger partial charge in [-0.25, -0.2) is 14.1 Å². The zero-order valence-electron chi connectivity index (χ0n) is 19.9. The van der Waals surface area contributed by atoms with Gasteiger partial charge >= 0.3 is 0 Å². The predicted octanol–water partition coefficient (Wildman–Crippen LogP) is 4.72. The molecule has 0 bridgehead atoms. The van der Waals surface area contributed by atoms with Crippen LogP contribution in [-0.2, 0) is 6.54 Å². The number of anilines is 3. The molecule has 9 heteroatoms. The van der Waals surface area contributed by atoms with Crippen molar-refractivity contribution in [2.24, 2.45) is 4.99 Å². The third kappa shape index (κ3) is 3.74. The lowest BCUT2D eigenvalue weighted by Gasteiger charge is -2.29. The second kappa shape index (κ2) is 8.55. The fourth-order valence-electron chi connectivity index (χ4n) is 5.51. The van der Waals surface area contributed by atoms with Crippen LogP contribution in [0.1, 0.15) is 35.2 Å². The molecule has 2 aromatic carbocycles. The van der Waals surface area contributed by atoms with Gasteiger partial charge in [-0.15, -0.1) is 0 Å². The quantitative estimate of drug-likeness (QED) is 0.420. The van der Waals surface area contributed by atoms with Gasteiger partial charge in [-0.3, -0.25) is 20.0 Å². The highest BCUT2D eigenvalue weighted by Crippen LogP contribution is 2.41. The van der Waals surface area contributed by atoms with Crippen LogP contribution in [0.25, 0.3) is 11.3 Å². The maximum absolute atomic E-state index is 13.7. The number of guanidine groups is 1. The van der Waals surface area contributed by atoms with Crippen LogP contribution < -0.4 is 15.5 Å². The monoisotopic (exact) mass is 493 g/mol. The van der Waals surface area contributed by atoms with E-state index in [9.17, 15) is 9.18 Å². The Balaban J connectivity index is 1.27. The molecule has 0 radical (unpaired) electrons. The number of nitrogens with one attached hydrogen (secondary N) is 2. The predicted molar refractivity (Wildman–Crippen MR) is 139 cm³/mol. The molecule has 8 nitrogen and oxygen atoms in total. The first-order valence-corrected chi connectivity index (χ1v) is 12.5. The lowest BCUT2D eigenvalue weighted by molar-refractivity contribution is 0.0975. The molecule has 2 N–H and O–H groups in total. The summed E-state index contributed by atoms with van der Waals surface area (Å²) in [6.45, 7) is 0.445. The minimum atomic E-state index is -0.319. The molecule has 3 aliphatic rings. The summed E-state index contributed by atoms with van der Waals surface area (Å²) in [7, 11) is 0. The van der Waals surface area contributed by atoms with Gasteiger partial charge in [0.2, 0.25) is 5.96 Å². The first-order chi connectivity index (χ1) is 18.1. The Morgan fingerprint density at radius 3 is 2.70 bits per heavy atom. The average molecular weight is 494 g/mol. The summed E-state index contributed by atoms with van der Waals surface area (Å²) in [5.74, 6) is 1.36. The van der Waals surface area contributed by atoms with E-state index < -0.39 is 0 Å². The molecule has 1 fully saturated rings. The number of pyridine rings is 1. The number of para-hydroxylation sites is 1. The van der Waals surface area contributed by atoms with Crippen molar-refractivity contribution < 1.29 is 9.18 Å². The van der Waals surface area contributed by atoms with Crippen molar-refractivity contribution in [3.05, 3.63) is 89.9 Å². The number of hydrogen-bond donors (Lipinski definition) is 2. The molecule has 1 aliphatic carbocycles. The van der Waals surface area contributed by atoms with Crippen molar-refractivity contribution in [2.45, 2.75) is 37.9 Å². The Morgan fingerprint density at radius 2 is 1.89 bits per heavy atom. The van der Waals surface area contributed by atoms with Crippen LogP contribution in [0, 0.1) is 5.82 Å². The zero-order valence-corrected chi connectivity index (χ0v) is 19.9. The third-order valence-corrected chi connectivity index (χ3v) is 7.25. The molecule has 1 saturated carbocycles. The number of carbonyl (C=O) groups is 1. The van der Waals surface area contributed by atoms with E-state index in [-0.39, 0.29) is 23.8 Å². The number of fused-ring (bicyclic) bond motifs is 5. The molecule has 37 heavy (non-hydrogen) atoms. The maximum Gasteiger partial charge on any atom is 0.265 e. The van der Waals surface area contributed by atoms with Gasteiger partial charge in [0.15, 0.2) is 5.82 Å². The van der Waals surface area contributed by atoms with Crippen molar-refractivity contribution in [1.82, 2.24) is 20.1 Å². The van der Waals surface area contributed by atoms with Crippen LogP contribution in [0.5, 0.6) is 0 Å². The molecule has 0 saturated heterocycles. The smallest absolute Gasteiger partial charge is 0.265 e. The van der Waals surface area contributed by atoms with Crippen LogP contribution >= 0.6 is 0 Å². The highest BCUT2D eigenvalue weighted by atomic mass is 19.1. The molecule has 4 aromatic rings. The first-order valence-electron chi connectivity index (χ1n) is 12.5. The molecule has 2 aromatic heterocycles. The van der Waals surface area contributed by atoms with E-state index in [2.05, 4.69) is 20.5 Å². The molecular formula is C28H24FN7O. The van der Waals surface area contributed by atoms with E-state index in [0.717, 1.165) is 36.1 Å². The molecule has 2 aliphatic heterocycles. The average Bonchev–Trinajstić information content (AvgIpc) is 3.59. The zero-order chi connectivity index (χ0) is 24.9. The number of benzene rings is 2. The fraction of sp³-hybridized carbons (Fsp3) is 0.214. The van der Waals surface area contributed by atoms with Gasteiger partial charge in [0.1, 0.15) is 17.2 Å². The number of rotatable bonds is 5. The topological polar surface area (TPSA) is 87.4 Å². The second-order valence-electron chi connectivity index (χ2n) is 9.59. The summed E-state index contributed by atoms with van der Waals surface area (Å²) in [5, 5.41) is 11.4. The Labute approximate surface area is 212 Å². The van der Waals surface area contributed by atoms with E-state index in [1.54, 1.807) is 0 Å². The number of amides is 1. The van der Waals surface area contributed by atoms with Gasteiger partial charge in [0.05, 0.1) is 24.3 Å². The Kier molecular flexibility index (Phi) is 5.02. The minimum Gasteiger partial charge on any atom is -0.340 e. The molecule has 0 unspecified atom stereocenters. The highest BCUT2D eigenvalue weighted by molar-refractivity contribution is 6.21. The maximum atomic E-state index is 13.7. The molecular weight excluding hydrogens is 469 g/mol. The van der Waals surface area contributed by atoms with Crippen LogP contribution in [0.15, 0.2) is 77.9 Å². The van der Waals surface area contributed by atoms with E-state index in [1.165, 1.54) is 18.3 Å². The summed E-state index contributed by atoms with van der Waals surface area (Å²) in [5.41, 5.74) is 3.79. The summed E-state index contributed by atoms with van der Waals surface area (Å²) in [4.78, 5) is 24.5. The van der Waals surface area contributed by atoms with E-state index >= 15 is 0 Å². The second-order valence-corrected chi connectivity index (χ2v) is 9.59. The van der Waals surface area contributed by atoms with E-state index in [0.29, 0.717) is 35.4 Å². The summed E-state index contributed by atoms with van der Waals surface area (Å²) >= 11 is 0. The van der Waals surface area contributed by atoms with E-state index in [4.69, 9.17) is 10.1 Å². The summed E-state index contributed by atoms with van der Waals surface area (Å²) in [6, 6.07) is 20.7. The van der Waals surface area contributed by atoms with Gasteiger partial charge in [-0.1, -0.05) is 42.5 Å². The number of nitrogens with zero attached hydrogens (tertiary/aromatic N) is 5. The third-order valence-electron chi connectivity index (χ3n) is 7.25. The van der Waals surface area contributed by atoms with Crippen molar-refractivity contribution >= 4 is 29.2 Å². The van der Waals surface area contributed by atoms with Crippen molar-refractivity contribution in [3.63, 3.8) is 0 Å².